The second-order valence-corrected chi connectivity index (χ2v) is 10.1. The summed E-state index contributed by atoms with van der Waals surface area (Å²) in [5.41, 5.74) is 7.80. The van der Waals surface area contributed by atoms with E-state index in [0.717, 1.165) is 19.3 Å². The Kier molecular flexibility index (Phi) is 13.6. The Labute approximate surface area is 177 Å². The van der Waals surface area contributed by atoms with Crippen molar-refractivity contribution in [3.63, 3.8) is 0 Å². The molecule has 0 fully saturated rings. The first kappa shape index (κ1) is 25.3. The average Bonchev–Trinajstić information content (AvgIpc) is 2.63. The van der Waals surface area contributed by atoms with Crippen LogP contribution >= 0.6 is 11.6 Å². The SMILES string of the molecule is Nc1cc(CCCCCCCCCCCCCCCCS(N)(=O)=O)ccc1Cl. The van der Waals surface area contributed by atoms with Crippen LogP contribution in [0.4, 0.5) is 5.69 Å². The van der Waals surface area contributed by atoms with Crippen molar-refractivity contribution < 1.29 is 8.42 Å². The molecule has 0 aliphatic rings. The molecule has 6 heteroatoms. The largest absolute Gasteiger partial charge is 0.398 e. The molecule has 1 rings (SSSR count). The van der Waals surface area contributed by atoms with Gasteiger partial charge in [-0.25, -0.2) is 13.6 Å². The Morgan fingerprint density at radius 3 is 1.57 bits per heavy atom. The number of anilines is 1. The predicted octanol–water partition coefficient (Wildman–Crippen LogP) is 6.21. The minimum Gasteiger partial charge on any atom is -0.398 e. The minimum absolute atomic E-state index is 0.128. The third kappa shape index (κ3) is 14.3. The zero-order valence-electron chi connectivity index (χ0n) is 17.3. The summed E-state index contributed by atoms with van der Waals surface area (Å²) in [7, 11) is -3.27. The van der Waals surface area contributed by atoms with Crippen molar-refractivity contribution in [2.75, 3.05) is 11.5 Å². The van der Waals surface area contributed by atoms with E-state index in [0.29, 0.717) is 17.1 Å². The Morgan fingerprint density at radius 2 is 1.14 bits per heavy atom. The lowest BCUT2D eigenvalue weighted by atomic mass is 10.0. The highest BCUT2D eigenvalue weighted by Crippen LogP contribution is 2.21. The van der Waals surface area contributed by atoms with Crippen molar-refractivity contribution in [2.24, 2.45) is 5.14 Å². The highest BCUT2D eigenvalue weighted by atomic mass is 35.5. The van der Waals surface area contributed by atoms with Crippen LogP contribution < -0.4 is 10.9 Å². The Hall–Kier alpha value is -0.780. The fourth-order valence-electron chi connectivity index (χ4n) is 3.50. The van der Waals surface area contributed by atoms with Crippen LogP contribution in [-0.2, 0) is 16.4 Å². The summed E-state index contributed by atoms with van der Waals surface area (Å²) in [5, 5.41) is 5.63. The fraction of sp³-hybridized carbons (Fsp3) is 0.727. The van der Waals surface area contributed by atoms with Crippen molar-refractivity contribution in [3.05, 3.63) is 28.8 Å². The third-order valence-corrected chi connectivity index (χ3v) is 6.41. The number of hydrogen-bond donors (Lipinski definition) is 2. The summed E-state index contributed by atoms with van der Waals surface area (Å²) in [5.74, 6) is 0.128. The number of primary sulfonamides is 1. The normalized spacial score (nSPS) is 11.8. The minimum atomic E-state index is -3.27. The van der Waals surface area contributed by atoms with Gasteiger partial charge in [-0.15, -0.1) is 0 Å². The molecule has 4 N–H and O–H groups in total. The van der Waals surface area contributed by atoms with E-state index in [1.807, 2.05) is 12.1 Å². The molecular formula is C22H39ClN2O2S. The molecule has 28 heavy (non-hydrogen) atoms. The lowest BCUT2D eigenvalue weighted by molar-refractivity contribution is 0.534. The molecule has 0 amide bonds. The zero-order chi connectivity index (χ0) is 20.7. The standard InChI is InChI=1S/C22H39ClN2O2S/c23-21-17-16-20(19-22(21)24)15-13-11-9-7-5-3-1-2-4-6-8-10-12-14-18-28(25,26)27/h16-17,19H,1-15,18,24H2,(H2,25,26,27). The summed E-state index contributed by atoms with van der Waals surface area (Å²) in [4.78, 5) is 0. The molecule has 0 radical (unpaired) electrons. The van der Waals surface area contributed by atoms with Gasteiger partial charge in [0, 0.05) is 0 Å². The van der Waals surface area contributed by atoms with Crippen molar-refractivity contribution in [1.29, 1.82) is 0 Å². The van der Waals surface area contributed by atoms with Crippen molar-refractivity contribution in [3.8, 4) is 0 Å². The average molecular weight is 431 g/mol. The molecule has 1 aromatic rings. The second kappa shape index (κ2) is 15.1. The van der Waals surface area contributed by atoms with Crippen molar-refractivity contribution in [2.45, 2.75) is 96.3 Å². The van der Waals surface area contributed by atoms with Gasteiger partial charge in [0.2, 0.25) is 10.0 Å². The van der Waals surface area contributed by atoms with Gasteiger partial charge in [0.25, 0.3) is 0 Å². The highest BCUT2D eigenvalue weighted by molar-refractivity contribution is 7.89. The first-order valence-electron chi connectivity index (χ1n) is 10.9. The Bertz CT molecular complexity index is 635. The van der Waals surface area contributed by atoms with E-state index in [1.54, 1.807) is 0 Å². The van der Waals surface area contributed by atoms with E-state index < -0.39 is 10.0 Å². The predicted molar refractivity (Wildman–Crippen MR) is 122 cm³/mol. The van der Waals surface area contributed by atoms with Crippen LogP contribution in [0.2, 0.25) is 5.02 Å². The first-order valence-corrected chi connectivity index (χ1v) is 13.0. The number of nitrogens with two attached hydrogens (primary N) is 2. The molecule has 0 saturated carbocycles. The summed E-state index contributed by atoms with van der Waals surface area (Å²) in [6.07, 6.45) is 18.2. The van der Waals surface area contributed by atoms with E-state index in [1.165, 1.54) is 76.2 Å². The molecule has 0 unspecified atom stereocenters. The summed E-state index contributed by atoms with van der Waals surface area (Å²) in [6.45, 7) is 0. The molecule has 0 heterocycles. The van der Waals surface area contributed by atoms with E-state index in [-0.39, 0.29) is 5.75 Å². The lowest BCUT2D eigenvalue weighted by Crippen LogP contribution is -2.16. The van der Waals surface area contributed by atoms with Gasteiger partial charge in [-0.1, -0.05) is 94.7 Å². The maximum absolute atomic E-state index is 10.8. The third-order valence-electron chi connectivity index (χ3n) is 5.20. The second-order valence-electron chi connectivity index (χ2n) is 7.92. The molecule has 0 spiro atoms. The molecule has 1 aromatic carbocycles. The van der Waals surface area contributed by atoms with E-state index in [2.05, 4.69) is 6.07 Å². The maximum atomic E-state index is 10.8. The quantitative estimate of drug-likeness (QED) is 0.227. The summed E-state index contributed by atoms with van der Waals surface area (Å²) in [6, 6.07) is 5.96. The molecule has 162 valence electrons. The number of nitrogen functional groups attached to an aromatic ring is 1. The van der Waals surface area contributed by atoms with Crippen LogP contribution in [-0.4, -0.2) is 14.2 Å². The molecular weight excluding hydrogens is 392 g/mol. The molecule has 4 nitrogen and oxygen atoms in total. The number of aryl methyl sites for hydroxylation is 1. The maximum Gasteiger partial charge on any atom is 0.209 e. The van der Waals surface area contributed by atoms with Gasteiger partial charge >= 0.3 is 0 Å². The topological polar surface area (TPSA) is 86.2 Å². The highest BCUT2D eigenvalue weighted by Gasteiger charge is 2.01. The molecule has 0 bridgehead atoms. The Morgan fingerprint density at radius 1 is 0.714 bits per heavy atom. The number of hydrogen-bond acceptors (Lipinski definition) is 3. The summed E-state index contributed by atoms with van der Waals surface area (Å²) < 4.78 is 21.6. The van der Waals surface area contributed by atoms with Gasteiger partial charge in [-0.2, -0.15) is 0 Å². The Balaban J connectivity index is 1.80. The van der Waals surface area contributed by atoms with Gasteiger partial charge in [0.15, 0.2) is 0 Å². The van der Waals surface area contributed by atoms with Gasteiger partial charge in [0.05, 0.1) is 16.5 Å². The van der Waals surface area contributed by atoms with Gasteiger partial charge < -0.3 is 5.73 Å². The van der Waals surface area contributed by atoms with Crippen LogP contribution in [0.3, 0.4) is 0 Å². The first-order chi connectivity index (χ1) is 13.4. The van der Waals surface area contributed by atoms with Gasteiger partial charge in [-0.05, 0) is 37.0 Å². The zero-order valence-corrected chi connectivity index (χ0v) is 18.9. The van der Waals surface area contributed by atoms with Crippen LogP contribution in [0.5, 0.6) is 0 Å². The number of unbranched alkanes of at least 4 members (excludes halogenated alkanes) is 13. The van der Waals surface area contributed by atoms with Gasteiger partial charge in [-0.3, -0.25) is 0 Å². The number of halogens is 1. The lowest BCUT2D eigenvalue weighted by Gasteiger charge is -2.05. The summed E-state index contributed by atoms with van der Waals surface area (Å²) >= 11 is 5.94. The molecule has 0 aliphatic carbocycles. The van der Waals surface area contributed by atoms with Crippen LogP contribution in [0.1, 0.15) is 95.5 Å². The van der Waals surface area contributed by atoms with Crippen LogP contribution in [0, 0.1) is 0 Å². The molecule has 0 saturated heterocycles. The smallest absolute Gasteiger partial charge is 0.209 e. The molecule has 0 atom stereocenters. The van der Waals surface area contributed by atoms with Crippen molar-refractivity contribution >= 4 is 27.3 Å². The molecule has 0 aromatic heterocycles. The van der Waals surface area contributed by atoms with E-state index >= 15 is 0 Å². The van der Waals surface area contributed by atoms with E-state index in [9.17, 15) is 8.42 Å². The fourth-order valence-corrected chi connectivity index (χ4v) is 4.23. The number of sulfonamides is 1. The van der Waals surface area contributed by atoms with E-state index in [4.69, 9.17) is 22.5 Å². The number of rotatable bonds is 17. The van der Waals surface area contributed by atoms with Gasteiger partial charge in [0.1, 0.15) is 0 Å². The van der Waals surface area contributed by atoms with Crippen LogP contribution in [0.15, 0.2) is 18.2 Å². The van der Waals surface area contributed by atoms with Crippen molar-refractivity contribution in [1.82, 2.24) is 0 Å². The monoisotopic (exact) mass is 430 g/mol. The molecule has 0 aliphatic heterocycles. The van der Waals surface area contributed by atoms with Crippen LogP contribution in [0.25, 0.3) is 0 Å². The number of benzene rings is 1.